The van der Waals surface area contributed by atoms with Gasteiger partial charge in [-0.25, -0.2) is 0 Å². The van der Waals surface area contributed by atoms with Gasteiger partial charge in [0.1, 0.15) is 0 Å². The van der Waals surface area contributed by atoms with Gasteiger partial charge < -0.3 is 52.4 Å². The van der Waals surface area contributed by atoms with E-state index in [1.807, 2.05) is 24.3 Å². The summed E-state index contributed by atoms with van der Waals surface area (Å²) >= 11 is 0. The number of hydrogen-bond acceptors (Lipinski definition) is 10. The van der Waals surface area contributed by atoms with Gasteiger partial charge in [-0.3, -0.25) is 19.6 Å². The molecule has 0 radical (unpaired) electrons. The van der Waals surface area contributed by atoms with Crippen LogP contribution in [0.15, 0.2) is 49.1 Å². The number of carboxylic acid groups (broad SMARTS) is 4. The maximum absolute atomic E-state index is 9.74. The van der Waals surface area contributed by atoms with E-state index < -0.39 is 48.8 Å². The molecule has 2 aromatic rings. The molecule has 0 bridgehead atoms. The molecule has 2 atom stereocenters. The molecule has 0 spiro atoms. The second kappa shape index (κ2) is 30.6. The molecule has 0 aliphatic heterocycles. The number of nitrogens with zero attached hydrogens (tertiary/aromatic N) is 2. The van der Waals surface area contributed by atoms with Crippen molar-refractivity contribution >= 4 is 60.8 Å². The van der Waals surface area contributed by atoms with Crippen LogP contribution in [0.1, 0.15) is 24.0 Å². The second-order valence-corrected chi connectivity index (χ2v) is 5.94. The zero-order chi connectivity index (χ0) is 24.5. The molecule has 18 heteroatoms. The molecule has 0 fully saturated rings. The van der Waals surface area contributed by atoms with Gasteiger partial charge in [-0.05, 0) is 35.4 Å². The molecule has 0 aliphatic rings. The Balaban J connectivity index is -0.0000000730. The zero-order valence-electron chi connectivity index (χ0n) is 19.2. The Kier molecular flexibility index (Phi) is 41.8. The first-order chi connectivity index (χ1) is 15.0. The summed E-state index contributed by atoms with van der Waals surface area (Å²) in [5, 5.41) is 35.4. The van der Waals surface area contributed by atoms with Crippen LogP contribution in [0, 0.1) is 0 Å². The Morgan fingerprint density at radius 1 is 0.711 bits per heavy atom. The Labute approximate surface area is 251 Å². The zero-order valence-corrected chi connectivity index (χ0v) is 22.7. The number of carbonyl (C=O) groups is 4. The SMILES string of the molecule is C(=C\c1ccncc1)/c1ccncc1.Cl.Cl.N[C@@H](CC(=O)O)C(=O)[O-].N[C@@H](CC(=O)O)C(=O)[O-].O.O.[Cu+].[Cu+]. The summed E-state index contributed by atoms with van der Waals surface area (Å²) in [4.78, 5) is 46.9. The summed E-state index contributed by atoms with van der Waals surface area (Å²) in [6, 6.07) is 5.08. The fourth-order valence-electron chi connectivity index (χ4n) is 1.68. The number of rotatable bonds is 8. The minimum atomic E-state index is -1.54. The van der Waals surface area contributed by atoms with E-state index in [0.717, 1.165) is 11.1 Å². The van der Waals surface area contributed by atoms with E-state index in [1.54, 1.807) is 24.8 Å². The minimum absolute atomic E-state index is 0. The van der Waals surface area contributed by atoms with E-state index in [0.29, 0.717) is 0 Å². The van der Waals surface area contributed by atoms with Gasteiger partial charge in [0.25, 0.3) is 0 Å². The van der Waals surface area contributed by atoms with E-state index >= 15 is 0 Å². The maximum atomic E-state index is 9.74. The van der Waals surface area contributed by atoms with Crippen molar-refractivity contribution in [3.05, 3.63) is 60.2 Å². The van der Waals surface area contributed by atoms with E-state index in [-0.39, 0.29) is 69.9 Å². The molecule has 0 aliphatic carbocycles. The van der Waals surface area contributed by atoms with Crippen molar-refractivity contribution in [3.8, 4) is 0 Å². The normalized spacial score (nSPS) is 9.84. The predicted molar refractivity (Wildman–Crippen MR) is 130 cm³/mol. The van der Waals surface area contributed by atoms with Crippen LogP contribution >= 0.6 is 24.8 Å². The van der Waals surface area contributed by atoms with E-state index in [4.69, 9.17) is 21.7 Å². The van der Waals surface area contributed by atoms with Gasteiger partial charge in [0.05, 0.1) is 36.9 Å². The third kappa shape index (κ3) is 29.6. The van der Waals surface area contributed by atoms with Gasteiger partial charge in [-0.1, -0.05) is 12.2 Å². The average Bonchev–Trinajstić information content (AvgIpc) is 2.73. The number of pyridine rings is 2. The molecule has 14 nitrogen and oxygen atoms in total. The quantitative estimate of drug-likeness (QED) is 0.202. The summed E-state index contributed by atoms with van der Waals surface area (Å²) in [6.45, 7) is 0. The first kappa shape index (κ1) is 51.9. The van der Waals surface area contributed by atoms with Gasteiger partial charge in [0.2, 0.25) is 0 Å². The Morgan fingerprint density at radius 2 is 0.947 bits per heavy atom. The first-order valence-electron chi connectivity index (χ1n) is 8.87. The Bertz CT molecular complexity index is 844. The Morgan fingerprint density at radius 3 is 1.11 bits per heavy atom. The number of nitrogens with two attached hydrogens (primary N) is 2. The number of aromatic nitrogens is 2. The van der Waals surface area contributed by atoms with Crippen LogP contribution in [0.3, 0.4) is 0 Å². The van der Waals surface area contributed by atoms with Crippen LogP contribution in [0.25, 0.3) is 12.2 Å². The van der Waals surface area contributed by atoms with Crippen molar-refractivity contribution in [2.75, 3.05) is 0 Å². The van der Waals surface area contributed by atoms with Crippen molar-refractivity contribution in [3.63, 3.8) is 0 Å². The molecule has 2 heterocycles. The maximum Gasteiger partial charge on any atom is 1.00 e. The summed E-state index contributed by atoms with van der Waals surface area (Å²) in [5.74, 6) is -5.58. The largest absolute Gasteiger partial charge is 1.00 e. The van der Waals surface area contributed by atoms with Crippen molar-refractivity contribution in [1.82, 2.24) is 9.97 Å². The fourth-order valence-corrected chi connectivity index (χ4v) is 1.68. The molecular weight excluding hydrogens is 654 g/mol. The van der Waals surface area contributed by atoms with Crippen LogP contribution in [0.2, 0.25) is 0 Å². The smallest absolute Gasteiger partial charge is 0.548 e. The number of carboxylic acids is 4. The molecule has 0 amide bonds. The molecule has 38 heavy (non-hydrogen) atoms. The topological polar surface area (TPSA) is 296 Å². The third-order valence-electron chi connectivity index (χ3n) is 3.28. The van der Waals surface area contributed by atoms with Gasteiger partial charge in [0.15, 0.2) is 0 Å². The van der Waals surface area contributed by atoms with Gasteiger partial charge in [0, 0.05) is 24.8 Å². The fraction of sp³-hybridized carbons (Fsp3) is 0.200. The molecule has 0 saturated carbocycles. The third-order valence-corrected chi connectivity index (χ3v) is 3.28. The number of halogens is 2. The van der Waals surface area contributed by atoms with Crippen molar-refractivity contribution in [2.24, 2.45) is 11.5 Å². The van der Waals surface area contributed by atoms with Crippen LogP contribution in [0.4, 0.5) is 0 Å². The first-order valence-corrected chi connectivity index (χ1v) is 8.87. The average molecular weight is 682 g/mol. The van der Waals surface area contributed by atoms with Gasteiger partial charge in [-0.15, -0.1) is 24.8 Å². The summed E-state index contributed by atoms with van der Waals surface area (Å²) in [6.07, 6.45) is 10.1. The molecule has 224 valence electrons. The molecule has 0 saturated heterocycles. The molecule has 0 unspecified atom stereocenters. The molecule has 0 aromatic carbocycles. The van der Waals surface area contributed by atoms with Gasteiger partial charge >= 0.3 is 46.1 Å². The number of hydrogen-bond donors (Lipinski definition) is 4. The minimum Gasteiger partial charge on any atom is -0.548 e. The van der Waals surface area contributed by atoms with Crippen LogP contribution < -0.4 is 21.7 Å². The van der Waals surface area contributed by atoms with Crippen LogP contribution in [0.5, 0.6) is 0 Å². The summed E-state index contributed by atoms with van der Waals surface area (Å²) in [7, 11) is 0. The standard InChI is InChI=1S/C12H10N2.2C4H7NO4.2ClH.2Cu.2H2O/c1(11-3-7-13-8-4-11)2-12-5-9-14-10-6-12;2*5-2(4(8)9)1-3(6)7;;;;;;/h1-10H;2*2H,1,5H2,(H,6,7)(H,8,9);2*1H;;;2*1H2/q;;;;;2*+1;;/p-2/b2-1+;;;;;;;;/t;2*2-;;;;;;/m.00....../s1. The second-order valence-electron chi connectivity index (χ2n) is 5.94. The van der Waals surface area contributed by atoms with Crippen molar-refractivity contribution in [1.29, 1.82) is 0 Å². The molecule has 2 rings (SSSR count). The predicted octanol–water partition coefficient (Wildman–Crippen LogP) is -3.09. The van der Waals surface area contributed by atoms with E-state index in [2.05, 4.69) is 22.1 Å². The molecule has 2 aromatic heterocycles. The van der Waals surface area contributed by atoms with Crippen LogP contribution in [-0.2, 0) is 53.3 Å². The number of aliphatic carboxylic acids is 4. The van der Waals surface area contributed by atoms with E-state index in [9.17, 15) is 29.4 Å². The van der Waals surface area contributed by atoms with E-state index in [1.165, 1.54) is 0 Å². The van der Waals surface area contributed by atoms with Gasteiger partial charge in [-0.2, -0.15) is 0 Å². The van der Waals surface area contributed by atoms with Crippen LogP contribution in [-0.4, -0.2) is 67.1 Å². The Hall–Kier alpha value is -2.62. The summed E-state index contributed by atoms with van der Waals surface area (Å²) in [5.41, 5.74) is 11.8. The van der Waals surface area contributed by atoms with Crippen molar-refractivity contribution in [2.45, 2.75) is 24.9 Å². The molecule has 10 N–H and O–H groups in total. The monoisotopic (exact) mass is 680 g/mol. The number of carbonyl (C=O) groups excluding carboxylic acids is 2. The molecular formula is C20H28Cl2Cu2N4O10. The summed E-state index contributed by atoms with van der Waals surface area (Å²) < 4.78 is 0. The van der Waals surface area contributed by atoms with Crippen molar-refractivity contribution < 1.29 is 84.7 Å².